The van der Waals surface area contributed by atoms with Crippen molar-refractivity contribution >= 4 is 29.1 Å². The van der Waals surface area contributed by atoms with Crippen LogP contribution in [0.3, 0.4) is 0 Å². The molecule has 1 fully saturated rings. The number of Topliss-reactive ketones (excluding diaryl/α,β-unsaturated/α-hetero) is 1. The maximum absolute atomic E-state index is 13.2. The van der Waals surface area contributed by atoms with Crippen LogP contribution in [0.1, 0.15) is 49.1 Å². The summed E-state index contributed by atoms with van der Waals surface area (Å²) in [5.41, 5.74) is 0.949. The van der Waals surface area contributed by atoms with Crippen LogP contribution in [-0.4, -0.2) is 35.4 Å². The van der Waals surface area contributed by atoms with Gasteiger partial charge in [-0.3, -0.25) is 9.59 Å². The van der Waals surface area contributed by atoms with E-state index in [-0.39, 0.29) is 17.9 Å². The summed E-state index contributed by atoms with van der Waals surface area (Å²) >= 11 is 5.99. The van der Waals surface area contributed by atoms with E-state index in [1.807, 2.05) is 0 Å². The summed E-state index contributed by atoms with van der Waals surface area (Å²) in [7, 11) is 1.53. The van der Waals surface area contributed by atoms with Gasteiger partial charge in [0.2, 0.25) is 0 Å². The number of hydrogen-bond acceptors (Lipinski definition) is 6. The Morgan fingerprint density at radius 1 is 1.08 bits per heavy atom. The fraction of sp³-hybridized carbons (Fsp3) is 0.286. The Morgan fingerprint density at radius 3 is 2.53 bits per heavy atom. The normalized spacial score (nSPS) is 17.0. The van der Waals surface area contributed by atoms with E-state index in [9.17, 15) is 14.7 Å². The van der Waals surface area contributed by atoms with Crippen LogP contribution in [0.25, 0.3) is 5.76 Å². The highest BCUT2D eigenvalue weighted by atomic mass is 35.5. The van der Waals surface area contributed by atoms with Crippen molar-refractivity contribution in [3.05, 3.63) is 88.3 Å². The Morgan fingerprint density at radius 2 is 1.86 bits per heavy atom. The molecule has 0 aliphatic carbocycles. The molecule has 3 aromatic rings. The summed E-state index contributed by atoms with van der Waals surface area (Å²) in [4.78, 5) is 27.8. The Labute approximate surface area is 214 Å². The highest BCUT2D eigenvalue weighted by molar-refractivity contribution is 6.46. The number of nitrogens with zero attached hydrogens (tertiary/aromatic N) is 1. The molecule has 4 rings (SSSR count). The van der Waals surface area contributed by atoms with E-state index in [4.69, 9.17) is 25.5 Å². The van der Waals surface area contributed by atoms with Gasteiger partial charge in [0.1, 0.15) is 11.5 Å². The van der Waals surface area contributed by atoms with Crippen molar-refractivity contribution in [1.82, 2.24) is 4.90 Å². The Hall–Kier alpha value is -3.71. The first-order valence-corrected chi connectivity index (χ1v) is 12.2. The number of ether oxygens (including phenoxy) is 2. The smallest absolute Gasteiger partial charge is 0.296 e. The van der Waals surface area contributed by atoms with Crippen molar-refractivity contribution in [2.45, 2.75) is 38.8 Å². The molecule has 0 spiro atoms. The zero-order valence-electron chi connectivity index (χ0n) is 20.2. The van der Waals surface area contributed by atoms with Crippen LogP contribution in [-0.2, 0) is 16.1 Å². The quantitative estimate of drug-likeness (QED) is 0.153. The standard InChI is InChI=1S/C28H28ClNO6/c1-3-4-5-14-36-22-13-10-19(16-23(22)34-2)25-24(26(31)18-8-11-20(29)12-9-18)27(32)28(33)30(25)17-21-7-6-15-35-21/h6-13,15-16,25,31H,3-5,14,17H2,1-2H3. The number of carbonyl (C=O) groups is 2. The lowest BCUT2D eigenvalue weighted by Crippen LogP contribution is -2.29. The minimum Gasteiger partial charge on any atom is -0.507 e. The second-order valence-electron chi connectivity index (χ2n) is 8.48. The Kier molecular flexibility index (Phi) is 8.00. The van der Waals surface area contributed by atoms with Gasteiger partial charge in [-0.25, -0.2) is 0 Å². The van der Waals surface area contributed by atoms with Gasteiger partial charge >= 0.3 is 0 Å². The molecule has 2 aromatic carbocycles. The number of aliphatic hydroxyl groups excluding tert-OH is 1. The number of hydrogen-bond donors (Lipinski definition) is 1. The summed E-state index contributed by atoms with van der Waals surface area (Å²) in [6.45, 7) is 2.73. The van der Waals surface area contributed by atoms with Gasteiger partial charge in [-0.05, 0) is 60.5 Å². The van der Waals surface area contributed by atoms with Crippen molar-refractivity contribution in [2.75, 3.05) is 13.7 Å². The van der Waals surface area contributed by atoms with E-state index in [2.05, 4.69) is 6.92 Å². The number of halogens is 1. The Bertz CT molecular complexity index is 1250. The molecule has 1 unspecified atom stereocenters. The van der Waals surface area contributed by atoms with E-state index in [1.165, 1.54) is 18.3 Å². The topological polar surface area (TPSA) is 89.2 Å². The summed E-state index contributed by atoms with van der Waals surface area (Å²) in [5, 5.41) is 11.7. The monoisotopic (exact) mass is 509 g/mol. The fourth-order valence-electron chi connectivity index (χ4n) is 4.23. The second kappa shape index (κ2) is 11.4. The summed E-state index contributed by atoms with van der Waals surface area (Å²) in [5.74, 6) is -0.243. The van der Waals surface area contributed by atoms with E-state index in [0.717, 1.165) is 19.3 Å². The average Bonchev–Trinajstić information content (AvgIpc) is 3.49. The van der Waals surface area contributed by atoms with Gasteiger partial charge < -0.3 is 23.9 Å². The van der Waals surface area contributed by atoms with Gasteiger partial charge in [-0.1, -0.05) is 37.4 Å². The maximum atomic E-state index is 13.2. The van der Waals surface area contributed by atoms with Crippen molar-refractivity contribution < 1.29 is 28.6 Å². The SMILES string of the molecule is CCCCCOc1ccc(C2C(=C(O)c3ccc(Cl)cc3)C(=O)C(=O)N2Cc2ccco2)cc1OC. The van der Waals surface area contributed by atoms with Crippen molar-refractivity contribution in [2.24, 2.45) is 0 Å². The highest BCUT2D eigenvalue weighted by Gasteiger charge is 2.46. The summed E-state index contributed by atoms with van der Waals surface area (Å²) in [6.07, 6.45) is 4.57. The first-order chi connectivity index (χ1) is 17.4. The molecule has 1 aliphatic rings. The van der Waals surface area contributed by atoms with E-state index in [1.54, 1.807) is 54.6 Å². The maximum Gasteiger partial charge on any atom is 0.296 e. The lowest BCUT2D eigenvalue weighted by molar-refractivity contribution is -0.140. The van der Waals surface area contributed by atoms with Crippen LogP contribution in [0.4, 0.5) is 0 Å². The molecule has 2 heterocycles. The zero-order chi connectivity index (χ0) is 25.7. The highest BCUT2D eigenvalue weighted by Crippen LogP contribution is 2.42. The van der Waals surface area contributed by atoms with Gasteiger partial charge in [-0.2, -0.15) is 0 Å². The molecule has 1 saturated heterocycles. The zero-order valence-corrected chi connectivity index (χ0v) is 21.0. The molecule has 1 amide bonds. The van der Waals surface area contributed by atoms with Crippen molar-refractivity contribution in [3.8, 4) is 11.5 Å². The number of ketones is 1. The largest absolute Gasteiger partial charge is 0.507 e. The molecular formula is C28H28ClNO6. The van der Waals surface area contributed by atoms with Crippen LogP contribution in [0.5, 0.6) is 11.5 Å². The minimum atomic E-state index is -0.867. The number of methoxy groups -OCH3 is 1. The van der Waals surface area contributed by atoms with Crippen molar-refractivity contribution in [3.63, 3.8) is 0 Å². The van der Waals surface area contributed by atoms with Crippen LogP contribution < -0.4 is 9.47 Å². The van der Waals surface area contributed by atoms with Gasteiger partial charge in [0.15, 0.2) is 11.5 Å². The second-order valence-corrected chi connectivity index (χ2v) is 8.92. The lowest BCUT2D eigenvalue weighted by Gasteiger charge is -2.25. The molecule has 1 aliphatic heterocycles. The number of likely N-dealkylation sites (tertiary alicyclic amines) is 1. The summed E-state index contributed by atoms with van der Waals surface area (Å²) < 4.78 is 16.9. The van der Waals surface area contributed by atoms with E-state index in [0.29, 0.717) is 40.0 Å². The molecule has 0 radical (unpaired) electrons. The van der Waals surface area contributed by atoms with Crippen LogP contribution >= 0.6 is 11.6 Å². The third kappa shape index (κ3) is 5.26. The third-order valence-electron chi connectivity index (χ3n) is 6.07. The third-order valence-corrected chi connectivity index (χ3v) is 6.32. The fourth-order valence-corrected chi connectivity index (χ4v) is 4.36. The predicted molar refractivity (Wildman–Crippen MR) is 136 cm³/mol. The number of furan rings is 1. The van der Waals surface area contributed by atoms with Gasteiger partial charge in [0.25, 0.3) is 11.7 Å². The molecule has 1 atom stereocenters. The average molecular weight is 510 g/mol. The number of benzene rings is 2. The summed E-state index contributed by atoms with van der Waals surface area (Å²) in [6, 6.07) is 14.3. The molecule has 0 saturated carbocycles. The van der Waals surface area contributed by atoms with Crippen molar-refractivity contribution in [1.29, 1.82) is 0 Å². The van der Waals surface area contributed by atoms with E-state index >= 15 is 0 Å². The predicted octanol–water partition coefficient (Wildman–Crippen LogP) is 6.13. The number of carbonyl (C=O) groups excluding carboxylic acids is 2. The molecule has 1 N–H and O–H groups in total. The van der Waals surface area contributed by atoms with Crippen LogP contribution in [0.15, 0.2) is 70.9 Å². The first kappa shape index (κ1) is 25.4. The number of amides is 1. The van der Waals surface area contributed by atoms with Gasteiger partial charge in [0.05, 0.1) is 38.1 Å². The first-order valence-electron chi connectivity index (χ1n) is 11.8. The molecule has 8 heteroatoms. The molecule has 188 valence electrons. The van der Waals surface area contributed by atoms with Gasteiger partial charge in [-0.15, -0.1) is 0 Å². The van der Waals surface area contributed by atoms with Gasteiger partial charge in [0, 0.05) is 10.6 Å². The molecule has 0 bridgehead atoms. The number of unbranched alkanes of at least 4 members (excludes halogenated alkanes) is 2. The van der Waals surface area contributed by atoms with Crippen LogP contribution in [0.2, 0.25) is 5.02 Å². The molecular weight excluding hydrogens is 482 g/mol. The number of rotatable bonds is 10. The lowest BCUT2D eigenvalue weighted by atomic mass is 9.95. The molecule has 36 heavy (non-hydrogen) atoms. The van der Waals surface area contributed by atoms with E-state index < -0.39 is 17.7 Å². The molecule has 7 nitrogen and oxygen atoms in total. The van der Waals surface area contributed by atoms with Crippen LogP contribution in [0, 0.1) is 0 Å². The number of aliphatic hydroxyl groups is 1. The molecule has 1 aromatic heterocycles. The minimum absolute atomic E-state index is 0.0208. The Balaban J connectivity index is 1.78.